The molecule has 4 aliphatic carbocycles. The second-order valence-corrected chi connectivity index (χ2v) is 6.50. The molecule has 0 atom stereocenters. The molecule has 4 fully saturated rings. The highest BCUT2D eigenvalue weighted by molar-refractivity contribution is 5.02. The van der Waals surface area contributed by atoms with Gasteiger partial charge in [-0.05, 0) is 68.1 Å². The van der Waals surface area contributed by atoms with Crippen LogP contribution in [0.25, 0.3) is 0 Å². The summed E-state index contributed by atoms with van der Waals surface area (Å²) in [5.41, 5.74) is 1.09. The van der Waals surface area contributed by atoms with Gasteiger partial charge in [0.15, 0.2) is 0 Å². The van der Waals surface area contributed by atoms with Gasteiger partial charge < -0.3 is 5.11 Å². The van der Waals surface area contributed by atoms with E-state index in [0.29, 0.717) is 12.0 Å². The zero-order chi connectivity index (χ0) is 10.4. The van der Waals surface area contributed by atoms with Gasteiger partial charge in [0, 0.05) is 6.61 Å². The normalized spacial score (nSPS) is 46.2. The number of rotatable bonds is 2. The Hall–Kier alpha value is -0.0400. The van der Waals surface area contributed by atoms with E-state index < -0.39 is 0 Å². The molecule has 1 nitrogen and oxygen atoms in total. The molecule has 0 spiro atoms. The Morgan fingerprint density at radius 3 is 1.87 bits per heavy atom. The van der Waals surface area contributed by atoms with Crippen LogP contribution in [0, 0.1) is 16.7 Å². The highest BCUT2D eigenvalue weighted by atomic mass is 16.3. The van der Waals surface area contributed by atoms with Crippen LogP contribution in [-0.4, -0.2) is 11.7 Å². The Morgan fingerprint density at radius 2 is 1.40 bits per heavy atom. The lowest BCUT2D eigenvalue weighted by molar-refractivity contribution is -0.0701. The van der Waals surface area contributed by atoms with Gasteiger partial charge in [-0.1, -0.05) is 12.8 Å². The first kappa shape index (κ1) is 10.1. The Bertz CT molecular complexity index is 215. The number of aliphatic hydroxyl groups is 1. The van der Waals surface area contributed by atoms with Gasteiger partial charge in [0.05, 0.1) is 0 Å². The molecule has 0 heterocycles. The topological polar surface area (TPSA) is 20.2 Å². The Balaban J connectivity index is 1.75. The molecule has 0 saturated heterocycles. The molecule has 1 heteroatoms. The van der Waals surface area contributed by atoms with Crippen molar-refractivity contribution in [2.75, 3.05) is 6.61 Å². The van der Waals surface area contributed by atoms with E-state index in [4.69, 9.17) is 0 Å². The summed E-state index contributed by atoms with van der Waals surface area (Å²) in [6.07, 6.45) is 14.2. The lowest BCUT2D eigenvalue weighted by Gasteiger charge is -2.55. The molecular weight excluding hydrogens is 184 g/mol. The smallest absolute Gasteiger partial charge is 0.0487 e. The summed E-state index contributed by atoms with van der Waals surface area (Å²) in [5.74, 6) is 1.05. The SMILES string of the molecule is OCC12CCC(C3CCCC3)(CC1)CC2. The van der Waals surface area contributed by atoms with Gasteiger partial charge in [-0.3, -0.25) is 0 Å². The molecule has 4 saturated carbocycles. The first-order chi connectivity index (χ1) is 7.29. The van der Waals surface area contributed by atoms with Crippen molar-refractivity contribution in [3.63, 3.8) is 0 Å². The molecule has 0 unspecified atom stereocenters. The maximum Gasteiger partial charge on any atom is 0.0487 e. The second-order valence-electron chi connectivity index (χ2n) is 6.50. The van der Waals surface area contributed by atoms with Crippen molar-refractivity contribution in [2.45, 2.75) is 64.2 Å². The van der Waals surface area contributed by atoms with Crippen molar-refractivity contribution in [2.24, 2.45) is 16.7 Å². The summed E-state index contributed by atoms with van der Waals surface area (Å²) in [6.45, 7) is 0.452. The fourth-order valence-electron chi connectivity index (χ4n) is 4.68. The molecule has 15 heavy (non-hydrogen) atoms. The van der Waals surface area contributed by atoms with E-state index in [-0.39, 0.29) is 0 Å². The first-order valence-corrected chi connectivity index (χ1v) is 6.90. The third kappa shape index (κ3) is 1.46. The number of hydrogen-bond acceptors (Lipinski definition) is 1. The average Bonchev–Trinajstić information content (AvgIpc) is 2.86. The molecule has 0 radical (unpaired) electrons. The predicted octanol–water partition coefficient (Wildman–Crippen LogP) is 3.51. The number of aliphatic hydroxyl groups excluding tert-OH is 1. The van der Waals surface area contributed by atoms with Crippen molar-refractivity contribution >= 4 is 0 Å². The van der Waals surface area contributed by atoms with Crippen molar-refractivity contribution in [3.8, 4) is 0 Å². The minimum absolute atomic E-state index is 0.361. The monoisotopic (exact) mass is 208 g/mol. The van der Waals surface area contributed by atoms with Gasteiger partial charge in [0.1, 0.15) is 0 Å². The van der Waals surface area contributed by atoms with Gasteiger partial charge in [0.2, 0.25) is 0 Å². The molecule has 1 N–H and O–H groups in total. The minimum atomic E-state index is 0.361. The van der Waals surface area contributed by atoms with Gasteiger partial charge >= 0.3 is 0 Å². The lowest BCUT2D eigenvalue weighted by atomic mass is 9.50. The van der Waals surface area contributed by atoms with Crippen molar-refractivity contribution in [3.05, 3.63) is 0 Å². The summed E-state index contributed by atoms with van der Waals surface area (Å²) in [6, 6.07) is 0. The van der Waals surface area contributed by atoms with Crippen molar-refractivity contribution in [1.82, 2.24) is 0 Å². The standard InChI is InChI=1S/C14H24O/c15-11-13-5-8-14(9-6-13,10-7-13)12-3-1-2-4-12/h12,15H,1-11H2. The van der Waals surface area contributed by atoms with Gasteiger partial charge in [-0.25, -0.2) is 0 Å². The van der Waals surface area contributed by atoms with E-state index in [1.807, 2.05) is 0 Å². The largest absolute Gasteiger partial charge is 0.396 e. The van der Waals surface area contributed by atoms with Crippen LogP contribution in [0.4, 0.5) is 0 Å². The Kier molecular flexibility index (Phi) is 2.35. The summed E-state index contributed by atoms with van der Waals surface area (Å²) in [7, 11) is 0. The molecule has 4 aliphatic rings. The van der Waals surface area contributed by atoms with Crippen molar-refractivity contribution in [1.29, 1.82) is 0 Å². The van der Waals surface area contributed by atoms with Gasteiger partial charge in [-0.2, -0.15) is 0 Å². The van der Waals surface area contributed by atoms with Crippen LogP contribution in [0.15, 0.2) is 0 Å². The zero-order valence-corrected chi connectivity index (χ0v) is 9.80. The first-order valence-electron chi connectivity index (χ1n) is 6.90. The summed E-state index contributed by atoms with van der Waals surface area (Å²) in [5, 5.41) is 9.52. The van der Waals surface area contributed by atoms with Crippen LogP contribution >= 0.6 is 0 Å². The molecule has 0 aromatic heterocycles. The fourth-order valence-corrected chi connectivity index (χ4v) is 4.68. The summed E-state index contributed by atoms with van der Waals surface area (Å²) < 4.78 is 0. The van der Waals surface area contributed by atoms with Crippen LogP contribution in [0.5, 0.6) is 0 Å². The molecule has 0 aliphatic heterocycles. The van der Waals surface area contributed by atoms with Crippen LogP contribution in [-0.2, 0) is 0 Å². The molecular formula is C14H24O. The quantitative estimate of drug-likeness (QED) is 0.736. The van der Waals surface area contributed by atoms with Gasteiger partial charge in [-0.15, -0.1) is 0 Å². The van der Waals surface area contributed by atoms with E-state index in [9.17, 15) is 5.11 Å². The van der Waals surface area contributed by atoms with Crippen LogP contribution in [0.3, 0.4) is 0 Å². The molecule has 2 bridgehead atoms. The Morgan fingerprint density at radius 1 is 0.867 bits per heavy atom. The second kappa shape index (κ2) is 3.48. The summed E-state index contributed by atoms with van der Waals surface area (Å²) >= 11 is 0. The van der Waals surface area contributed by atoms with Gasteiger partial charge in [0.25, 0.3) is 0 Å². The van der Waals surface area contributed by atoms with E-state index >= 15 is 0 Å². The lowest BCUT2D eigenvalue weighted by Crippen LogP contribution is -2.46. The molecule has 0 aromatic carbocycles. The number of hydrogen-bond donors (Lipinski definition) is 1. The van der Waals surface area contributed by atoms with Crippen LogP contribution in [0.2, 0.25) is 0 Å². The molecule has 0 aromatic rings. The summed E-state index contributed by atoms with van der Waals surface area (Å²) in [4.78, 5) is 0. The maximum atomic E-state index is 9.52. The van der Waals surface area contributed by atoms with Crippen LogP contribution < -0.4 is 0 Å². The highest BCUT2D eigenvalue weighted by Crippen LogP contribution is 2.62. The average molecular weight is 208 g/mol. The predicted molar refractivity (Wildman–Crippen MR) is 61.6 cm³/mol. The minimum Gasteiger partial charge on any atom is -0.396 e. The Labute approximate surface area is 93.3 Å². The maximum absolute atomic E-state index is 9.52. The fraction of sp³-hybridized carbons (Fsp3) is 1.00. The van der Waals surface area contributed by atoms with Crippen molar-refractivity contribution < 1.29 is 5.11 Å². The zero-order valence-electron chi connectivity index (χ0n) is 9.80. The molecule has 4 rings (SSSR count). The third-order valence-corrected chi connectivity index (χ3v) is 6.02. The molecule has 86 valence electrons. The van der Waals surface area contributed by atoms with E-state index in [1.165, 1.54) is 64.2 Å². The molecule has 0 amide bonds. The van der Waals surface area contributed by atoms with E-state index in [0.717, 1.165) is 11.3 Å². The van der Waals surface area contributed by atoms with E-state index in [1.54, 1.807) is 0 Å². The number of fused-ring (bicyclic) bond motifs is 3. The highest BCUT2D eigenvalue weighted by Gasteiger charge is 2.51. The van der Waals surface area contributed by atoms with Crippen LogP contribution in [0.1, 0.15) is 64.2 Å². The third-order valence-electron chi connectivity index (χ3n) is 6.02. The van der Waals surface area contributed by atoms with E-state index in [2.05, 4.69) is 0 Å².